The van der Waals surface area contributed by atoms with Crippen LogP contribution in [0.3, 0.4) is 0 Å². The molecule has 0 aliphatic rings. The van der Waals surface area contributed by atoms with Crippen molar-refractivity contribution in [3.8, 4) is 0 Å². The Kier molecular flexibility index (Phi) is 2.92. The van der Waals surface area contributed by atoms with Crippen LogP contribution in [0.15, 0.2) is 58.3 Å². The Morgan fingerprint density at radius 1 is 0.933 bits per heavy atom. The smallest absolute Gasteiger partial charge is 0.124 e. The van der Waals surface area contributed by atoms with Crippen LogP contribution in [-0.2, 0) is 0 Å². The Labute approximate surface area is 92.1 Å². The Bertz CT molecular complexity index is 427. The average Bonchev–Trinajstić information content (AvgIpc) is 2.17. The van der Waals surface area contributed by atoms with Crippen LogP contribution in [0.25, 0.3) is 0 Å². The first-order chi connectivity index (χ1) is 7.24. The summed E-state index contributed by atoms with van der Waals surface area (Å²) in [5.74, 6) is -0.219. The summed E-state index contributed by atoms with van der Waals surface area (Å²) >= 11 is 1.50. The molecule has 2 aromatic carbocycles. The van der Waals surface area contributed by atoms with E-state index in [4.69, 9.17) is 5.73 Å². The van der Waals surface area contributed by atoms with Gasteiger partial charge in [-0.25, -0.2) is 4.39 Å². The molecular weight excluding hydrogens is 209 g/mol. The molecule has 0 bridgehead atoms. The van der Waals surface area contributed by atoms with Gasteiger partial charge in [0.25, 0.3) is 0 Å². The molecule has 0 aromatic heterocycles. The fourth-order valence-electron chi connectivity index (χ4n) is 1.24. The van der Waals surface area contributed by atoms with E-state index in [2.05, 4.69) is 0 Å². The molecule has 0 aliphatic carbocycles. The second kappa shape index (κ2) is 4.36. The molecule has 2 rings (SSSR count). The average molecular weight is 219 g/mol. The van der Waals surface area contributed by atoms with E-state index in [1.165, 1.54) is 23.9 Å². The van der Waals surface area contributed by atoms with E-state index in [0.717, 1.165) is 15.5 Å². The van der Waals surface area contributed by atoms with Gasteiger partial charge in [-0.1, -0.05) is 23.9 Å². The van der Waals surface area contributed by atoms with Crippen molar-refractivity contribution in [3.63, 3.8) is 0 Å². The zero-order chi connectivity index (χ0) is 10.7. The highest BCUT2D eigenvalue weighted by Gasteiger charge is 1.98. The fraction of sp³-hybridized carbons (Fsp3) is 0. The van der Waals surface area contributed by atoms with Crippen molar-refractivity contribution in [2.24, 2.45) is 0 Å². The fourth-order valence-corrected chi connectivity index (χ4v) is 2.18. The highest BCUT2D eigenvalue weighted by molar-refractivity contribution is 7.99. The number of rotatable bonds is 2. The lowest BCUT2D eigenvalue weighted by Gasteiger charge is -2.02. The summed E-state index contributed by atoms with van der Waals surface area (Å²) in [5, 5.41) is 0. The zero-order valence-corrected chi connectivity index (χ0v) is 8.80. The van der Waals surface area contributed by atoms with Crippen molar-refractivity contribution >= 4 is 17.4 Å². The van der Waals surface area contributed by atoms with E-state index >= 15 is 0 Å². The number of halogens is 1. The van der Waals surface area contributed by atoms with Gasteiger partial charge in [-0.05, 0) is 36.4 Å². The summed E-state index contributed by atoms with van der Waals surface area (Å²) in [6, 6.07) is 14.0. The molecule has 0 amide bonds. The Morgan fingerprint density at radius 2 is 1.60 bits per heavy atom. The quantitative estimate of drug-likeness (QED) is 0.781. The van der Waals surface area contributed by atoms with Crippen LogP contribution in [0.2, 0.25) is 0 Å². The highest BCUT2D eigenvalue weighted by atomic mass is 32.2. The molecule has 15 heavy (non-hydrogen) atoms. The van der Waals surface area contributed by atoms with E-state index in [1.54, 1.807) is 6.07 Å². The molecular formula is C12H10FNS. The maximum absolute atomic E-state index is 12.9. The van der Waals surface area contributed by atoms with Crippen LogP contribution in [0, 0.1) is 5.82 Å². The molecule has 0 atom stereocenters. The van der Waals surface area contributed by atoms with E-state index in [0.29, 0.717) is 0 Å². The van der Waals surface area contributed by atoms with E-state index < -0.39 is 0 Å². The Balaban J connectivity index is 2.22. The number of nitrogen functional groups attached to an aromatic ring is 1. The summed E-state index contributed by atoms with van der Waals surface area (Å²) in [6.45, 7) is 0. The molecule has 0 aliphatic heterocycles. The van der Waals surface area contributed by atoms with Gasteiger partial charge in [0, 0.05) is 15.5 Å². The van der Waals surface area contributed by atoms with Crippen molar-refractivity contribution in [1.29, 1.82) is 0 Å². The third-order valence-corrected chi connectivity index (χ3v) is 2.87. The van der Waals surface area contributed by atoms with Crippen LogP contribution in [0.4, 0.5) is 10.1 Å². The Hall–Kier alpha value is -1.48. The molecule has 0 unspecified atom stereocenters. The van der Waals surface area contributed by atoms with Gasteiger partial charge in [0.15, 0.2) is 0 Å². The third kappa shape index (κ3) is 2.73. The third-order valence-electron chi connectivity index (χ3n) is 1.89. The van der Waals surface area contributed by atoms with Gasteiger partial charge in [-0.3, -0.25) is 0 Å². The first-order valence-electron chi connectivity index (χ1n) is 4.53. The second-order valence-electron chi connectivity index (χ2n) is 3.13. The molecule has 76 valence electrons. The van der Waals surface area contributed by atoms with Crippen LogP contribution >= 0.6 is 11.8 Å². The van der Waals surface area contributed by atoms with E-state index in [-0.39, 0.29) is 5.82 Å². The first-order valence-corrected chi connectivity index (χ1v) is 5.35. The minimum absolute atomic E-state index is 0.219. The number of benzene rings is 2. The van der Waals surface area contributed by atoms with Crippen LogP contribution in [-0.4, -0.2) is 0 Å². The van der Waals surface area contributed by atoms with Crippen molar-refractivity contribution < 1.29 is 4.39 Å². The van der Waals surface area contributed by atoms with Gasteiger partial charge in [0.2, 0.25) is 0 Å². The second-order valence-corrected chi connectivity index (χ2v) is 4.28. The van der Waals surface area contributed by atoms with Crippen molar-refractivity contribution in [2.45, 2.75) is 9.79 Å². The predicted octanol–water partition coefficient (Wildman–Crippen LogP) is 3.56. The van der Waals surface area contributed by atoms with Crippen molar-refractivity contribution in [1.82, 2.24) is 0 Å². The normalized spacial score (nSPS) is 10.2. The predicted molar refractivity (Wildman–Crippen MR) is 61.4 cm³/mol. The standard InChI is InChI=1S/C12H10FNS/c13-9-3-1-5-11(7-9)15-12-6-2-4-10(14)8-12/h1-8H,14H2. The summed E-state index contributed by atoms with van der Waals surface area (Å²) in [6.07, 6.45) is 0. The molecule has 0 saturated heterocycles. The SMILES string of the molecule is Nc1cccc(Sc2cccc(F)c2)c1. The molecule has 2 aromatic rings. The van der Waals surface area contributed by atoms with Crippen LogP contribution in [0.5, 0.6) is 0 Å². The van der Waals surface area contributed by atoms with Crippen molar-refractivity contribution in [3.05, 3.63) is 54.3 Å². The number of nitrogens with two attached hydrogens (primary N) is 1. The van der Waals surface area contributed by atoms with Gasteiger partial charge in [0.1, 0.15) is 5.82 Å². The first kappa shape index (κ1) is 10.1. The summed E-state index contributed by atoms with van der Waals surface area (Å²) in [5.41, 5.74) is 6.37. The number of anilines is 1. The topological polar surface area (TPSA) is 26.0 Å². The minimum atomic E-state index is -0.219. The molecule has 1 nitrogen and oxygen atoms in total. The monoisotopic (exact) mass is 219 g/mol. The van der Waals surface area contributed by atoms with Crippen molar-refractivity contribution in [2.75, 3.05) is 5.73 Å². The van der Waals surface area contributed by atoms with Crippen LogP contribution in [0.1, 0.15) is 0 Å². The molecule has 0 radical (unpaired) electrons. The molecule has 0 heterocycles. The lowest BCUT2D eigenvalue weighted by atomic mass is 10.3. The van der Waals surface area contributed by atoms with Gasteiger partial charge >= 0.3 is 0 Å². The number of hydrogen-bond donors (Lipinski definition) is 1. The number of hydrogen-bond acceptors (Lipinski definition) is 2. The summed E-state index contributed by atoms with van der Waals surface area (Å²) < 4.78 is 12.9. The molecule has 2 N–H and O–H groups in total. The lowest BCUT2D eigenvalue weighted by molar-refractivity contribution is 0.624. The lowest BCUT2D eigenvalue weighted by Crippen LogP contribution is -1.83. The Morgan fingerprint density at radius 3 is 2.27 bits per heavy atom. The minimum Gasteiger partial charge on any atom is -0.399 e. The highest BCUT2D eigenvalue weighted by Crippen LogP contribution is 2.28. The summed E-state index contributed by atoms with van der Waals surface area (Å²) in [7, 11) is 0. The van der Waals surface area contributed by atoms with Crippen LogP contribution < -0.4 is 5.73 Å². The van der Waals surface area contributed by atoms with E-state index in [9.17, 15) is 4.39 Å². The molecule has 0 spiro atoms. The zero-order valence-electron chi connectivity index (χ0n) is 7.98. The van der Waals surface area contributed by atoms with Gasteiger partial charge in [-0.2, -0.15) is 0 Å². The van der Waals surface area contributed by atoms with E-state index in [1.807, 2.05) is 30.3 Å². The maximum Gasteiger partial charge on any atom is 0.124 e. The molecule has 3 heteroatoms. The van der Waals surface area contributed by atoms with Gasteiger partial charge in [-0.15, -0.1) is 0 Å². The largest absolute Gasteiger partial charge is 0.399 e. The summed E-state index contributed by atoms with van der Waals surface area (Å²) in [4.78, 5) is 1.89. The maximum atomic E-state index is 12.9. The van der Waals surface area contributed by atoms with Gasteiger partial charge < -0.3 is 5.73 Å². The molecule has 0 saturated carbocycles. The van der Waals surface area contributed by atoms with Gasteiger partial charge in [0.05, 0.1) is 0 Å². The molecule has 0 fully saturated rings.